The van der Waals surface area contributed by atoms with E-state index in [0.717, 1.165) is 48.6 Å². The molecular weight excluding hydrogens is 444 g/mol. The number of hydrogen-bond acceptors (Lipinski definition) is 7. The zero-order chi connectivity index (χ0) is 24.4. The fraction of sp³-hybridized carbons (Fsp3) is 0.370. The Morgan fingerprint density at radius 2 is 1.94 bits per heavy atom. The molecule has 182 valence electrons. The fourth-order valence-corrected chi connectivity index (χ4v) is 4.67. The highest BCUT2D eigenvalue weighted by atomic mass is 16.5. The number of ether oxygens (including phenoxy) is 2. The third-order valence-electron chi connectivity index (χ3n) is 6.71. The van der Waals surface area contributed by atoms with Crippen LogP contribution in [0.3, 0.4) is 0 Å². The number of nitrogens with one attached hydrogen (secondary N) is 2. The van der Waals surface area contributed by atoms with Gasteiger partial charge in [0, 0.05) is 68.1 Å². The summed E-state index contributed by atoms with van der Waals surface area (Å²) < 4.78 is 16.9. The number of oxazole rings is 1. The zero-order valence-corrected chi connectivity index (χ0v) is 20.1. The molecule has 0 radical (unpaired) electrons. The van der Waals surface area contributed by atoms with Gasteiger partial charge in [-0.2, -0.15) is 0 Å². The molecule has 8 nitrogen and oxygen atoms in total. The molecular formula is C27H30N4O4. The van der Waals surface area contributed by atoms with Gasteiger partial charge in [0.15, 0.2) is 5.58 Å². The molecule has 1 saturated heterocycles. The molecule has 0 aliphatic carbocycles. The van der Waals surface area contributed by atoms with Crippen LogP contribution in [0, 0.1) is 5.41 Å². The first-order valence-electron chi connectivity index (χ1n) is 12.0. The molecule has 0 saturated carbocycles. The fourth-order valence-electron chi connectivity index (χ4n) is 4.67. The highest BCUT2D eigenvalue weighted by Crippen LogP contribution is 2.30. The monoisotopic (exact) mass is 474 g/mol. The van der Waals surface area contributed by atoms with Gasteiger partial charge < -0.3 is 24.1 Å². The van der Waals surface area contributed by atoms with E-state index in [1.54, 1.807) is 18.9 Å². The van der Waals surface area contributed by atoms with E-state index in [9.17, 15) is 10.2 Å². The molecule has 3 aromatic rings. The first kappa shape index (κ1) is 23.1. The smallest absolute Gasteiger partial charge is 0.227 e. The Kier molecular flexibility index (Phi) is 6.55. The molecule has 0 spiro atoms. The maximum Gasteiger partial charge on any atom is 0.227 e. The largest absolute Gasteiger partial charge is 0.497 e. The second-order valence-electron chi connectivity index (χ2n) is 8.96. The maximum atomic E-state index is 12.2. The Balaban J connectivity index is 1.51. The Hall–Kier alpha value is -3.65. The third kappa shape index (κ3) is 4.79. The van der Waals surface area contributed by atoms with E-state index in [4.69, 9.17) is 13.9 Å². The number of rotatable bonds is 6. The molecule has 3 heterocycles. The van der Waals surface area contributed by atoms with Crippen molar-refractivity contribution in [3.05, 3.63) is 59.3 Å². The van der Waals surface area contributed by atoms with Gasteiger partial charge in [-0.25, -0.2) is 4.98 Å². The minimum absolute atomic E-state index is 0.0140. The van der Waals surface area contributed by atoms with Crippen molar-refractivity contribution in [1.29, 1.82) is 5.41 Å². The predicted molar refractivity (Wildman–Crippen MR) is 134 cm³/mol. The Morgan fingerprint density at radius 1 is 1.17 bits per heavy atom. The lowest BCUT2D eigenvalue weighted by Crippen LogP contribution is -2.43. The molecule has 1 aromatic heterocycles. The topological polar surface area (TPSA) is 101 Å². The normalized spacial score (nSPS) is 17.0. The summed E-state index contributed by atoms with van der Waals surface area (Å²) in [4.78, 5) is 18.6. The van der Waals surface area contributed by atoms with E-state index in [1.807, 2.05) is 42.5 Å². The number of nitrogens with zero attached hydrogens (tertiary/aromatic N) is 2. The van der Waals surface area contributed by atoms with Crippen LogP contribution in [-0.4, -0.2) is 61.0 Å². The molecule has 0 atom stereocenters. The van der Waals surface area contributed by atoms with Crippen molar-refractivity contribution >= 4 is 22.7 Å². The zero-order valence-electron chi connectivity index (χ0n) is 20.1. The van der Waals surface area contributed by atoms with E-state index >= 15 is 0 Å². The summed E-state index contributed by atoms with van der Waals surface area (Å²) in [6.07, 6.45) is 2.56. The van der Waals surface area contributed by atoms with Gasteiger partial charge in [-0.1, -0.05) is 6.07 Å². The van der Waals surface area contributed by atoms with E-state index in [1.165, 1.54) is 0 Å². The van der Waals surface area contributed by atoms with E-state index in [2.05, 4.69) is 10.3 Å². The average Bonchev–Trinajstić information content (AvgIpc) is 3.33. The van der Waals surface area contributed by atoms with Gasteiger partial charge in [0.2, 0.25) is 11.8 Å². The van der Waals surface area contributed by atoms with Crippen LogP contribution in [0.15, 0.2) is 58.2 Å². The van der Waals surface area contributed by atoms with Crippen LogP contribution in [0.5, 0.6) is 5.75 Å². The number of aromatic nitrogens is 1. The van der Waals surface area contributed by atoms with Crippen molar-refractivity contribution in [1.82, 2.24) is 15.2 Å². The molecule has 2 aliphatic heterocycles. The third-order valence-corrected chi connectivity index (χ3v) is 6.71. The van der Waals surface area contributed by atoms with Crippen molar-refractivity contribution in [2.75, 3.05) is 33.4 Å². The second-order valence-corrected chi connectivity index (χ2v) is 8.96. The van der Waals surface area contributed by atoms with Crippen LogP contribution in [0.2, 0.25) is 0 Å². The van der Waals surface area contributed by atoms with Crippen LogP contribution < -0.4 is 10.1 Å². The molecule has 8 heteroatoms. The number of carbonyl (C=O) groups excluding carboxylic acids is 1. The number of para-hydroxylation sites is 1. The molecule has 1 amide bonds. The lowest BCUT2D eigenvalue weighted by molar-refractivity contribution is -0.128. The lowest BCUT2D eigenvalue weighted by Gasteiger charge is -2.34. The van der Waals surface area contributed by atoms with Crippen LogP contribution in [0.25, 0.3) is 22.6 Å². The van der Waals surface area contributed by atoms with Crippen molar-refractivity contribution in [2.45, 2.75) is 32.2 Å². The Bertz CT molecular complexity index is 1270. The Morgan fingerprint density at radius 3 is 2.66 bits per heavy atom. The number of amides is 1. The lowest BCUT2D eigenvalue weighted by atomic mass is 9.94. The maximum absolute atomic E-state index is 12.2. The van der Waals surface area contributed by atoms with Crippen molar-refractivity contribution < 1.29 is 18.7 Å². The molecule has 2 aliphatic rings. The van der Waals surface area contributed by atoms with Crippen LogP contribution >= 0.6 is 0 Å². The summed E-state index contributed by atoms with van der Waals surface area (Å²) in [5.74, 6) is 1.27. The van der Waals surface area contributed by atoms with Gasteiger partial charge in [-0.05, 0) is 49.2 Å². The number of benzene rings is 2. The molecule has 1 fully saturated rings. The molecule has 35 heavy (non-hydrogen) atoms. The molecule has 5 rings (SSSR count). The number of carbonyl (C=O) groups is 1. The first-order chi connectivity index (χ1) is 17.0. The minimum atomic E-state index is 0.0140. The van der Waals surface area contributed by atoms with Gasteiger partial charge >= 0.3 is 0 Å². The van der Waals surface area contributed by atoms with Crippen molar-refractivity contribution in [2.24, 2.45) is 0 Å². The van der Waals surface area contributed by atoms with Gasteiger partial charge in [-0.3, -0.25) is 10.2 Å². The van der Waals surface area contributed by atoms with Gasteiger partial charge in [0.05, 0.1) is 12.8 Å². The SMILES string of the molecule is COc1ccc(-c2nc3cccc(C(=N)C4=C(NC5CCOCC5)CCN(C(C)=O)C4)c3o2)cc1. The summed E-state index contributed by atoms with van der Waals surface area (Å²) in [6, 6.07) is 13.5. The van der Waals surface area contributed by atoms with Gasteiger partial charge in [0.25, 0.3) is 0 Å². The molecule has 0 bridgehead atoms. The summed E-state index contributed by atoms with van der Waals surface area (Å²) in [7, 11) is 1.63. The quantitative estimate of drug-likeness (QED) is 0.521. The van der Waals surface area contributed by atoms with E-state index < -0.39 is 0 Å². The average molecular weight is 475 g/mol. The summed E-state index contributed by atoms with van der Waals surface area (Å²) in [6.45, 7) is 4.10. The van der Waals surface area contributed by atoms with E-state index in [0.29, 0.717) is 53.8 Å². The summed E-state index contributed by atoms with van der Waals surface area (Å²) in [5, 5.41) is 12.9. The van der Waals surface area contributed by atoms with Gasteiger partial charge in [0.1, 0.15) is 11.3 Å². The van der Waals surface area contributed by atoms with Crippen LogP contribution in [0.4, 0.5) is 0 Å². The van der Waals surface area contributed by atoms with Crippen LogP contribution in [-0.2, 0) is 9.53 Å². The number of hydrogen-bond donors (Lipinski definition) is 2. The number of fused-ring (bicyclic) bond motifs is 1. The van der Waals surface area contributed by atoms with Crippen LogP contribution in [0.1, 0.15) is 31.7 Å². The predicted octanol–water partition coefficient (Wildman–Crippen LogP) is 4.15. The summed E-state index contributed by atoms with van der Waals surface area (Å²) >= 11 is 0. The Labute approximate surface area is 204 Å². The summed E-state index contributed by atoms with van der Waals surface area (Å²) in [5.41, 5.74) is 4.98. The molecule has 2 N–H and O–H groups in total. The van der Waals surface area contributed by atoms with Crippen molar-refractivity contribution in [3.63, 3.8) is 0 Å². The first-order valence-corrected chi connectivity index (χ1v) is 12.0. The van der Waals surface area contributed by atoms with Crippen molar-refractivity contribution in [3.8, 4) is 17.2 Å². The second kappa shape index (κ2) is 9.92. The number of methoxy groups -OCH3 is 1. The highest BCUT2D eigenvalue weighted by Gasteiger charge is 2.27. The van der Waals surface area contributed by atoms with Gasteiger partial charge in [-0.15, -0.1) is 0 Å². The minimum Gasteiger partial charge on any atom is -0.497 e. The van der Waals surface area contributed by atoms with E-state index in [-0.39, 0.29) is 5.91 Å². The molecule has 0 unspecified atom stereocenters. The highest BCUT2D eigenvalue weighted by molar-refractivity contribution is 6.17. The standard InChI is InChI=1S/C27H30N4O4/c1-17(32)31-13-10-23(29-19-11-14-34-15-12-19)22(16-31)25(28)21-4-3-5-24-26(21)35-27(30-24)18-6-8-20(33-2)9-7-18/h3-9,19,28-29H,10-16H2,1-2H3. The molecule has 2 aromatic carbocycles.